The Balaban J connectivity index is 0.00000128. The molecule has 16 heavy (non-hydrogen) atoms. The maximum Gasteiger partial charge on any atom is 0.203 e. The number of nitrogens with zero attached hydrogens (tertiary/aromatic N) is 1. The average Bonchev–Trinajstić information content (AvgIpc) is 2.29. The van der Waals surface area contributed by atoms with E-state index in [1.54, 1.807) is 13.3 Å². The van der Waals surface area contributed by atoms with Crippen molar-refractivity contribution in [1.82, 2.24) is 0 Å². The maximum atomic E-state index is 9.95. The molecule has 0 aromatic heterocycles. The van der Waals surface area contributed by atoms with E-state index in [9.17, 15) is 5.11 Å². The minimum absolute atomic E-state index is 0. The highest BCUT2D eigenvalue weighted by atomic mass is 35.5. The molecule has 1 aliphatic heterocycles. The number of hydrogen-bond acceptors (Lipinski definition) is 4. The fourth-order valence-electron chi connectivity index (χ4n) is 1.73. The van der Waals surface area contributed by atoms with Gasteiger partial charge >= 0.3 is 0 Å². The van der Waals surface area contributed by atoms with Crippen molar-refractivity contribution in [1.29, 1.82) is 0 Å². The molecule has 0 saturated heterocycles. The Bertz CT molecular complexity index is 418. The summed E-state index contributed by atoms with van der Waals surface area (Å²) in [5.41, 5.74) is 1.78. The molecule has 88 valence electrons. The number of fused-ring (bicyclic) bond motifs is 1. The number of ether oxygens (including phenoxy) is 2. The van der Waals surface area contributed by atoms with E-state index in [0.717, 1.165) is 24.1 Å². The molecule has 1 N–H and O–H groups in total. The van der Waals surface area contributed by atoms with Crippen molar-refractivity contribution in [2.24, 2.45) is 4.99 Å². The molecule has 0 saturated carbocycles. The minimum Gasteiger partial charge on any atom is -0.504 e. The number of phenols is 1. The molecule has 0 unspecified atom stereocenters. The number of hydrogen-bond donors (Lipinski definition) is 1. The van der Waals surface area contributed by atoms with Crippen molar-refractivity contribution in [3.63, 3.8) is 0 Å². The topological polar surface area (TPSA) is 51.0 Å². The summed E-state index contributed by atoms with van der Waals surface area (Å²) in [7, 11) is 3.06. The van der Waals surface area contributed by atoms with E-state index in [1.807, 2.05) is 6.07 Å². The van der Waals surface area contributed by atoms with Gasteiger partial charge in [0, 0.05) is 18.3 Å². The van der Waals surface area contributed by atoms with Gasteiger partial charge in [-0.1, -0.05) is 0 Å². The molecule has 1 aliphatic rings. The average molecular weight is 244 g/mol. The van der Waals surface area contributed by atoms with Gasteiger partial charge in [0.25, 0.3) is 0 Å². The molecule has 1 heterocycles. The number of methoxy groups -OCH3 is 2. The second-order valence-corrected chi connectivity index (χ2v) is 3.32. The lowest BCUT2D eigenvalue weighted by Gasteiger charge is -2.16. The summed E-state index contributed by atoms with van der Waals surface area (Å²) in [6, 6.07) is 1.89. The summed E-state index contributed by atoms with van der Waals surface area (Å²) in [6.45, 7) is 0.752. The molecule has 2 rings (SSSR count). The SMILES string of the molecule is COc1cc2c(c(O)c1OC)C=NCC2.Cl. The van der Waals surface area contributed by atoms with Crippen LogP contribution in [-0.2, 0) is 6.42 Å². The standard InChI is InChI=1S/C11H13NO3.ClH/c1-14-9-5-7-3-4-12-6-8(7)10(13)11(9)15-2;/h5-6,13H,3-4H2,1-2H3;1H. The molecule has 1 aromatic rings. The van der Waals surface area contributed by atoms with Crippen LogP contribution in [-0.4, -0.2) is 32.1 Å². The van der Waals surface area contributed by atoms with Crippen LogP contribution < -0.4 is 9.47 Å². The first-order valence-corrected chi connectivity index (χ1v) is 4.74. The minimum atomic E-state index is 0. The number of phenolic OH excluding ortho intramolecular Hbond substituents is 1. The lowest BCUT2D eigenvalue weighted by molar-refractivity contribution is 0.332. The second kappa shape index (κ2) is 5.07. The number of aromatic hydroxyl groups is 1. The smallest absolute Gasteiger partial charge is 0.203 e. The zero-order chi connectivity index (χ0) is 10.8. The van der Waals surface area contributed by atoms with Crippen LogP contribution in [0.5, 0.6) is 17.2 Å². The van der Waals surface area contributed by atoms with Gasteiger partial charge < -0.3 is 14.6 Å². The number of halogens is 1. The van der Waals surface area contributed by atoms with Crippen molar-refractivity contribution in [3.05, 3.63) is 17.2 Å². The van der Waals surface area contributed by atoms with Gasteiger partial charge in [0.2, 0.25) is 5.75 Å². The van der Waals surface area contributed by atoms with Gasteiger partial charge in [-0.05, 0) is 18.1 Å². The van der Waals surface area contributed by atoms with Gasteiger partial charge in [-0.25, -0.2) is 0 Å². The van der Waals surface area contributed by atoms with Crippen LogP contribution in [0.2, 0.25) is 0 Å². The number of rotatable bonds is 2. The first kappa shape index (κ1) is 12.6. The van der Waals surface area contributed by atoms with Gasteiger partial charge in [-0.2, -0.15) is 0 Å². The Morgan fingerprint density at radius 1 is 1.31 bits per heavy atom. The Hall–Kier alpha value is -1.42. The summed E-state index contributed by atoms with van der Waals surface area (Å²) >= 11 is 0. The van der Waals surface area contributed by atoms with Crippen molar-refractivity contribution in [2.75, 3.05) is 20.8 Å². The predicted molar refractivity (Wildman–Crippen MR) is 64.6 cm³/mol. The Morgan fingerprint density at radius 2 is 2.06 bits per heavy atom. The van der Waals surface area contributed by atoms with E-state index in [-0.39, 0.29) is 18.2 Å². The van der Waals surface area contributed by atoms with E-state index < -0.39 is 0 Å². The summed E-state index contributed by atoms with van der Waals surface area (Å²) in [5, 5.41) is 9.95. The lowest BCUT2D eigenvalue weighted by atomic mass is 10.0. The van der Waals surface area contributed by atoms with Crippen molar-refractivity contribution < 1.29 is 14.6 Å². The van der Waals surface area contributed by atoms with E-state index in [0.29, 0.717) is 11.5 Å². The Morgan fingerprint density at radius 3 is 2.69 bits per heavy atom. The van der Waals surface area contributed by atoms with E-state index in [2.05, 4.69) is 4.99 Å². The maximum absolute atomic E-state index is 9.95. The fraction of sp³-hybridized carbons (Fsp3) is 0.364. The molecule has 0 atom stereocenters. The van der Waals surface area contributed by atoms with Crippen LogP contribution >= 0.6 is 12.4 Å². The van der Waals surface area contributed by atoms with Gasteiger partial charge in [-0.3, -0.25) is 4.99 Å². The molecule has 0 fully saturated rings. The van der Waals surface area contributed by atoms with Crippen LogP contribution in [0, 0.1) is 0 Å². The van der Waals surface area contributed by atoms with Gasteiger partial charge in [-0.15, -0.1) is 12.4 Å². The highest BCUT2D eigenvalue weighted by Crippen LogP contribution is 2.41. The molecule has 5 heteroatoms. The van der Waals surface area contributed by atoms with E-state index >= 15 is 0 Å². The molecular formula is C11H14ClNO3. The monoisotopic (exact) mass is 243 g/mol. The van der Waals surface area contributed by atoms with Crippen molar-refractivity contribution in [2.45, 2.75) is 6.42 Å². The molecular weight excluding hydrogens is 230 g/mol. The molecule has 0 amide bonds. The van der Waals surface area contributed by atoms with Crippen molar-refractivity contribution >= 4 is 18.6 Å². The molecule has 4 nitrogen and oxygen atoms in total. The largest absolute Gasteiger partial charge is 0.504 e. The third-order valence-corrected chi connectivity index (χ3v) is 2.50. The third-order valence-electron chi connectivity index (χ3n) is 2.50. The summed E-state index contributed by atoms with van der Waals surface area (Å²) in [5.74, 6) is 1.03. The van der Waals surface area contributed by atoms with Crippen LogP contribution in [0.3, 0.4) is 0 Å². The Kier molecular flexibility index (Phi) is 4.01. The Labute approximate surface area is 100 Å². The normalized spacial score (nSPS) is 12.6. The molecule has 0 radical (unpaired) electrons. The first-order valence-electron chi connectivity index (χ1n) is 4.74. The van der Waals surface area contributed by atoms with Crippen LogP contribution in [0.15, 0.2) is 11.1 Å². The number of aliphatic imine (C=N–C) groups is 1. The quantitative estimate of drug-likeness (QED) is 0.862. The predicted octanol–water partition coefficient (Wildman–Crippen LogP) is 1.81. The summed E-state index contributed by atoms with van der Waals surface area (Å²) < 4.78 is 10.3. The molecule has 0 bridgehead atoms. The van der Waals surface area contributed by atoms with Gasteiger partial charge in [0.05, 0.1) is 14.2 Å². The molecule has 0 spiro atoms. The first-order chi connectivity index (χ1) is 7.27. The zero-order valence-corrected chi connectivity index (χ0v) is 10.0. The molecule has 1 aromatic carbocycles. The summed E-state index contributed by atoms with van der Waals surface area (Å²) in [4.78, 5) is 4.13. The van der Waals surface area contributed by atoms with Crippen LogP contribution in [0.25, 0.3) is 0 Å². The zero-order valence-electron chi connectivity index (χ0n) is 9.19. The third kappa shape index (κ3) is 1.93. The van der Waals surface area contributed by atoms with Crippen LogP contribution in [0.1, 0.15) is 11.1 Å². The van der Waals surface area contributed by atoms with Gasteiger partial charge in [0.1, 0.15) is 0 Å². The molecule has 0 aliphatic carbocycles. The second-order valence-electron chi connectivity index (χ2n) is 3.32. The van der Waals surface area contributed by atoms with E-state index in [1.165, 1.54) is 7.11 Å². The van der Waals surface area contributed by atoms with Gasteiger partial charge in [0.15, 0.2) is 11.5 Å². The van der Waals surface area contributed by atoms with E-state index in [4.69, 9.17) is 9.47 Å². The number of benzene rings is 1. The summed E-state index contributed by atoms with van der Waals surface area (Å²) in [6.07, 6.45) is 2.50. The van der Waals surface area contributed by atoms with Crippen LogP contribution in [0.4, 0.5) is 0 Å². The fourth-order valence-corrected chi connectivity index (χ4v) is 1.73. The van der Waals surface area contributed by atoms with Crippen molar-refractivity contribution in [3.8, 4) is 17.2 Å². The lowest BCUT2D eigenvalue weighted by Crippen LogP contribution is -2.05. The highest BCUT2D eigenvalue weighted by Gasteiger charge is 2.19. The highest BCUT2D eigenvalue weighted by molar-refractivity contribution is 5.89.